The molecule has 0 spiro atoms. The fraction of sp³-hybridized carbons (Fsp3) is 0.308. The van der Waals surface area contributed by atoms with Crippen molar-refractivity contribution in [3.8, 4) is 22.3 Å². The molecular formula is C26H30. The molecule has 0 amide bonds. The highest BCUT2D eigenvalue weighted by Gasteiger charge is 2.13. The second-order valence-corrected chi connectivity index (χ2v) is 7.98. The normalized spacial score (nSPS) is 11.1. The fourth-order valence-electron chi connectivity index (χ4n) is 3.90. The van der Waals surface area contributed by atoms with E-state index in [1.807, 2.05) is 0 Å². The summed E-state index contributed by atoms with van der Waals surface area (Å²) in [5.41, 5.74) is 16.3. The van der Waals surface area contributed by atoms with Crippen LogP contribution in [0.1, 0.15) is 44.5 Å². The van der Waals surface area contributed by atoms with E-state index < -0.39 is 0 Å². The molecule has 134 valence electrons. The summed E-state index contributed by atoms with van der Waals surface area (Å²) < 4.78 is 0. The molecule has 0 unspecified atom stereocenters. The zero-order chi connectivity index (χ0) is 19.2. The summed E-state index contributed by atoms with van der Waals surface area (Å²) in [6.07, 6.45) is 0. The van der Waals surface area contributed by atoms with E-state index in [0.717, 1.165) is 0 Å². The van der Waals surface area contributed by atoms with Crippen molar-refractivity contribution < 1.29 is 0 Å². The Labute approximate surface area is 158 Å². The lowest BCUT2D eigenvalue weighted by Gasteiger charge is -2.18. The lowest BCUT2D eigenvalue weighted by atomic mass is 9.87. The van der Waals surface area contributed by atoms with Crippen molar-refractivity contribution in [2.75, 3.05) is 0 Å². The molecule has 0 aromatic heterocycles. The first kappa shape index (κ1) is 18.5. The van der Waals surface area contributed by atoms with E-state index >= 15 is 0 Å². The fourth-order valence-corrected chi connectivity index (χ4v) is 3.90. The second kappa shape index (κ2) is 6.76. The highest BCUT2D eigenvalue weighted by molar-refractivity contribution is 5.79. The van der Waals surface area contributed by atoms with Gasteiger partial charge < -0.3 is 0 Å². The third-order valence-corrected chi connectivity index (χ3v) is 5.83. The van der Waals surface area contributed by atoms with E-state index in [9.17, 15) is 0 Å². The van der Waals surface area contributed by atoms with Gasteiger partial charge in [0.25, 0.3) is 0 Å². The van der Waals surface area contributed by atoms with E-state index in [-0.39, 0.29) is 0 Å². The van der Waals surface area contributed by atoms with Gasteiger partial charge in [-0.1, -0.05) is 36.4 Å². The van der Waals surface area contributed by atoms with Gasteiger partial charge in [-0.3, -0.25) is 0 Å². The Balaban J connectivity index is 2.19. The summed E-state index contributed by atoms with van der Waals surface area (Å²) in [6.45, 7) is 17.7. The molecule has 0 aliphatic heterocycles. The molecule has 0 bridgehead atoms. The Morgan fingerprint density at radius 2 is 0.462 bits per heavy atom. The molecule has 0 saturated carbocycles. The van der Waals surface area contributed by atoms with Gasteiger partial charge in [0.1, 0.15) is 0 Å². The molecular weight excluding hydrogens is 312 g/mol. The van der Waals surface area contributed by atoms with Crippen LogP contribution in [0.3, 0.4) is 0 Å². The highest BCUT2D eigenvalue weighted by Crippen LogP contribution is 2.36. The van der Waals surface area contributed by atoms with Crippen molar-refractivity contribution in [3.05, 3.63) is 80.9 Å². The van der Waals surface area contributed by atoms with Gasteiger partial charge in [0.15, 0.2) is 0 Å². The quantitative estimate of drug-likeness (QED) is 0.452. The summed E-state index contributed by atoms with van der Waals surface area (Å²) in [5.74, 6) is 0. The zero-order valence-corrected chi connectivity index (χ0v) is 17.5. The predicted molar refractivity (Wildman–Crippen MR) is 115 cm³/mol. The molecule has 0 saturated heterocycles. The highest BCUT2D eigenvalue weighted by atomic mass is 14.2. The Morgan fingerprint density at radius 1 is 0.269 bits per heavy atom. The minimum atomic E-state index is 1.34. The predicted octanol–water partition coefficient (Wildman–Crippen LogP) is 7.49. The summed E-state index contributed by atoms with van der Waals surface area (Å²) in [7, 11) is 0. The molecule has 0 aliphatic rings. The van der Waals surface area contributed by atoms with E-state index in [4.69, 9.17) is 0 Å². The SMILES string of the molecule is Cc1cc(C)c(-c2cc(C)c(-c3cc(C)c(C)cc3C)cc2C)cc1C. The molecule has 0 heterocycles. The van der Waals surface area contributed by atoms with Gasteiger partial charge in [-0.15, -0.1) is 0 Å². The Hall–Kier alpha value is -2.34. The van der Waals surface area contributed by atoms with Gasteiger partial charge in [0.2, 0.25) is 0 Å². The van der Waals surface area contributed by atoms with Gasteiger partial charge in [0.05, 0.1) is 0 Å². The van der Waals surface area contributed by atoms with Crippen molar-refractivity contribution >= 4 is 0 Å². The lowest BCUT2D eigenvalue weighted by Crippen LogP contribution is -1.96. The minimum absolute atomic E-state index is 1.34. The van der Waals surface area contributed by atoms with Gasteiger partial charge in [-0.05, 0) is 122 Å². The first-order chi connectivity index (χ1) is 12.2. The largest absolute Gasteiger partial charge is 0.0555 e. The van der Waals surface area contributed by atoms with E-state index in [1.165, 1.54) is 66.8 Å². The topological polar surface area (TPSA) is 0 Å². The molecule has 0 radical (unpaired) electrons. The van der Waals surface area contributed by atoms with Crippen LogP contribution in [0, 0.1) is 55.4 Å². The van der Waals surface area contributed by atoms with Crippen LogP contribution in [-0.4, -0.2) is 0 Å². The molecule has 26 heavy (non-hydrogen) atoms. The monoisotopic (exact) mass is 342 g/mol. The average Bonchev–Trinajstić information content (AvgIpc) is 2.56. The van der Waals surface area contributed by atoms with Crippen LogP contribution in [0.2, 0.25) is 0 Å². The number of aryl methyl sites for hydroxylation is 8. The first-order valence-electron chi connectivity index (χ1n) is 9.46. The lowest BCUT2D eigenvalue weighted by molar-refractivity contribution is 1.28. The van der Waals surface area contributed by atoms with Crippen molar-refractivity contribution in [2.45, 2.75) is 55.4 Å². The Morgan fingerprint density at radius 3 is 0.769 bits per heavy atom. The maximum atomic E-state index is 2.37. The van der Waals surface area contributed by atoms with Gasteiger partial charge in [-0.25, -0.2) is 0 Å². The molecule has 3 aromatic carbocycles. The van der Waals surface area contributed by atoms with Crippen LogP contribution in [0.15, 0.2) is 36.4 Å². The molecule has 0 heteroatoms. The third kappa shape index (κ3) is 3.21. The van der Waals surface area contributed by atoms with Crippen LogP contribution in [0.4, 0.5) is 0 Å². The van der Waals surface area contributed by atoms with Crippen LogP contribution < -0.4 is 0 Å². The maximum Gasteiger partial charge on any atom is -0.0149 e. The number of benzene rings is 3. The molecule has 3 aromatic rings. The second-order valence-electron chi connectivity index (χ2n) is 7.98. The molecule has 0 aliphatic carbocycles. The maximum absolute atomic E-state index is 2.37. The first-order valence-corrected chi connectivity index (χ1v) is 9.46. The minimum Gasteiger partial charge on any atom is -0.0555 e. The van der Waals surface area contributed by atoms with Crippen LogP contribution >= 0.6 is 0 Å². The molecule has 0 nitrogen and oxygen atoms in total. The van der Waals surface area contributed by atoms with Crippen molar-refractivity contribution in [1.29, 1.82) is 0 Å². The number of hydrogen-bond acceptors (Lipinski definition) is 0. The number of rotatable bonds is 2. The smallest absolute Gasteiger partial charge is 0.0149 e. The number of hydrogen-bond donors (Lipinski definition) is 0. The third-order valence-electron chi connectivity index (χ3n) is 5.83. The van der Waals surface area contributed by atoms with Crippen molar-refractivity contribution in [3.63, 3.8) is 0 Å². The van der Waals surface area contributed by atoms with Crippen LogP contribution in [-0.2, 0) is 0 Å². The standard InChI is InChI=1S/C26H30/c1-15-9-19(5)23(11-17(15)3)25-13-22(8)26(14-21(25)7)24-12-18(4)16(2)10-20(24)6/h9-14H,1-8H3. The zero-order valence-electron chi connectivity index (χ0n) is 17.5. The summed E-state index contributed by atoms with van der Waals surface area (Å²) >= 11 is 0. The van der Waals surface area contributed by atoms with Crippen LogP contribution in [0.25, 0.3) is 22.3 Å². The van der Waals surface area contributed by atoms with Gasteiger partial charge >= 0.3 is 0 Å². The van der Waals surface area contributed by atoms with E-state index in [1.54, 1.807) is 0 Å². The molecule has 0 atom stereocenters. The van der Waals surface area contributed by atoms with Gasteiger partial charge in [-0.2, -0.15) is 0 Å². The molecule has 0 N–H and O–H groups in total. The average molecular weight is 343 g/mol. The van der Waals surface area contributed by atoms with Crippen molar-refractivity contribution in [2.24, 2.45) is 0 Å². The van der Waals surface area contributed by atoms with Crippen molar-refractivity contribution in [1.82, 2.24) is 0 Å². The Bertz CT molecular complexity index is 920. The van der Waals surface area contributed by atoms with Crippen LogP contribution in [0.5, 0.6) is 0 Å². The summed E-state index contributed by atoms with van der Waals surface area (Å²) in [5, 5.41) is 0. The molecule has 0 fully saturated rings. The summed E-state index contributed by atoms with van der Waals surface area (Å²) in [4.78, 5) is 0. The summed E-state index contributed by atoms with van der Waals surface area (Å²) in [6, 6.07) is 14.0. The van der Waals surface area contributed by atoms with E-state index in [2.05, 4.69) is 91.8 Å². The molecule has 3 rings (SSSR count). The van der Waals surface area contributed by atoms with E-state index in [0.29, 0.717) is 0 Å². The Kier molecular flexibility index (Phi) is 4.80. The van der Waals surface area contributed by atoms with Gasteiger partial charge in [0, 0.05) is 0 Å².